The lowest BCUT2D eigenvalue weighted by Gasteiger charge is -2.38. The van der Waals surface area contributed by atoms with E-state index in [0.717, 1.165) is 25.6 Å². The number of likely N-dealkylation sites (tertiary alicyclic amines) is 1. The van der Waals surface area contributed by atoms with Crippen molar-refractivity contribution >= 4 is 0 Å². The molecular formula is C25H36N2O. The maximum atomic E-state index is 5.61. The van der Waals surface area contributed by atoms with Gasteiger partial charge in [-0.25, -0.2) is 0 Å². The van der Waals surface area contributed by atoms with Crippen LogP contribution < -0.4 is 0 Å². The van der Waals surface area contributed by atoms with Crippen molar-refractivity contribution in [3.63, 3.8) is 0 Å². The largest absolute Gasteiger partial charge is 0.377 e. The van der Waals surface area contributed by atoms with Crippen LogP contribution in [0.4, 0.5) is 0 Å². The second-order valence-corrected chi connectivity index (χ2v) is 8.82. The van der Waals surface area contributed by atoms with Crippen LogP contribution in [0.3, 0.4) is 0 Å². The molecule has 152 valence electrons. The summed E-state index contributed by atoms with van der Waals surface area (Å²) in [6.07, 6.45) is 2.56. The third-order valence-electron chi connectivity index (χ3n) is 5.88. The summed E-state index contributed by atoms with van der Waals surface area (Å²) in [5, 5.41) is 0. The zero-order valence-electron chi connectivity index (χ0n) is 17.8. The molecule has 1 aliphatic rings. The molecule has 0 atom stereocenters. The number of rotatable bonds is 9. The van der Waals surface area contributed by atoms with Crippen LogP contribution in [0.1, 0.15) is 37.8 Å². The van der Waals surface area contributed by atoms with Gasteiger partial charge in [0.15, 0.2) is 0 Å². The third kappa shape index (κ3) is 6.73. The molecule has 0 amide bonds. The quantitative estimate of drug-likeness (QED) is 0.620. The molecule has 1 fully saturated rings. The fourth-order valence-electron chi connectivity index (χ4n) is 4.16. The van der Waals surface area contributed by atoms with Crippen molar-refractivity contribution in [3.8, 4) is 0 Å². The molecule has 28 heavy (non-hydrogen) atoms. The van der Waals surface area contributed by atoms with E-state index in [0.29, 0.717) is 0 Å². The first-order chi connectivity index (χ1) is 13.5. The van der Waals surface area contributed by atoms with E-state index in [2.05, 4.69) is 84.3 Å². The molecule has 0 saturated carbocycles. The van der Waals surface area contributed by atoms with Crippen LogP contribution in [0.25, 0.3) is 0 Å². The van der Waals surface area contributed by atoms with Crippen LogP contribution in [-0.2, 0) is 17.8 Å². The number of hydrogen-bond donors (Lipinski definition) is 0. The highest BCUT2D eigenvalue weighted by Gasteiger charge is 2.26. The van der Waals surface area contributed by atoms with E-state index >= 15 is 0 Å². The Morgan fingerprint density at radius 1 is 0.893 bits per heavy atom. The minimum Gasteiger partial charge on any atom is -0.377 e. The lowest BCUT2D eigenvalue weighted by Crippen LogP contribution is -2.45. The Morgan fingerprint density at radius 3 is 1.86 bits per heavy atom. The first-order valence-electron chi connectivity index (χ1n) is 10.6. The van der Waals surface area contributed by atoms with Gasteiger partial charge in [0.05, 0.1) is 5.60 Å². The van der Waals surface area contributed by atoms with Gasteiger partial charge in [0.25, 0.3) is 0 Å². The summed E-state index contributed by atoms with van der Waals surface area (Å²) in [4.78, 5) is 5.20. The first-order valence-corrected chi connectivity index (χ1v) is 10.6. The molecule has 0 bridgehead atoms. The van der Waals surface area contributed by atoms with Gasteiger partial charge >= 0.3 is 0 Å². The number of piperidine rings is 1. The Hall–Kier alpha value is -1.68. The molecule has 1 heterocycles. The van der Waals surface area contributed by atoms with Gasteiger partial charge < -0.3 is 9.64 Å². The normalized spacial score (nSPS) is 16.6. The summed E-state index contributed by atoms with van der Waals surface area (Å²) < 4.78 is 5.61. The van der Waals surface area contributed by atoms with Crippen LogP contribution in [0, 0.1) is 5.92 Å². The summed E-state index contributed by atoms with van der Waals surface area (Å²) in [5.41, 5.74) is 2.75. The van der Waals surface area contributed by atoms with Gasteiger partial charge in [0.1, 0.15) is 0 Å². The highest BCUT2D eigenvalue weighted by atomic mass is 16.5. The molecule has 2 aromatic rings. The summed E-state index contributed by atoms with van der Waals surface area (Å²) in [7, 11) is 1.82. The highest BCUT2D eigenvalue weighted by Crippen LogP contribution is 2.23. The maximum Gasteiger partial charge on any atom is 0.0749 e. The Bertz CT molecular complexity index is 637. The second kappa shape index (κ2) is 10.2. The van der Waals surface area contributed by atoms with Crippen molar-refractivity contribution in [3.05, 3.63) is 71.8 Å². The number of benzene rings is 2. The Morgan fingerprint density at radius 2 is 1.39 bits per heavy atom. The van der Waals surface area contributed by atoms with Crippen LogP contribution >= 0.6 is 0 Å². The smallest absolute Gasteiger partial charge is 0.0749 e. The van der Waals surface area contributed by atoms with Gasteiger partial charge in [-0.3, -0.25) is 4.90 Å². The van der Waals surface area contributed by atoms with Crippen LogP contribution in [0.5, 0.6) is 0 Å². The Labute approximate surface area is 171 Å². The molecule has 3 rings (SSSR count). The number of ether oxygens (including phenoxy) is 1. The van der Waals surface area contributed by atoms with Gasteiger partial charge in [-0.1, -0.05) is 60.7 Å². The van der Waals surface area contributed by atoms with E-state index < -0.39 is 0 Å². The summed E-state index contributed by atoms with van der Waals surface area (Å²) >= 11 is 0. The predicted octanol–water partition coefficient (Wildman–Crippen LogP) is 4.83. The predicted molar refractivity (Wildman–Crippen MR) is 117 cm³/mol. The Kier molecular flexibility index (Phi) is 7.66. The van der Waals surface area contributed by atoms with Gasteiger partial charge in [-0.2, -0.15) is 0 Å². The lowest BCUT2D eigenvalue weighted by molar-refractivity contribution is -0.0160. The molecule has 0 radical (unpaired) electrons. The third-order valence-corrected chi connectivity index (χ3v) is 5.88. The SMILES string of the molecule is COC(C)(C)CN1CCC(CN(Cc2ccccc2)Cc2ccccc2)CC1. The van der Waals surface area contributed by atoms with E-state index in [9.17, 15) is 0 Å². The van der Waals surface area contributed by atoms with Crippen molar-refractivity contribution in [1.82, 2.24) is 9.80 Å². The van der Waals surface area contributed by atoms with Crippen LogP contribution in [0.15, 0.2) is 60.7 Å². The van der Waals surface area contributed by atoms with E-state index in [1.165, 1.54) is 43.6 Å². The minimum absolute atomic E-state index is 0.0561. The maximum absolute atomic E-state index is 5.61. The summed E-state index contributed by atoms with van der Waals surface area (Å²) in [6, 6.07) is 21.8. The minimum atomic E-state index is -0.0561. The van der Waals surface area contributed by atoms with E-state index in [1.807, 2.05) is 7.11 Å². The topological polar surface area (TPSA) is 15.7 Å². The number of nitrogens with zero attached hydrogens (tertiary/aromatic N) is 2. The summed E-state index contributed by atoms with van der Waals surface area (Å²) in [6.45, 7) is 11.0. The lowest BCUT2D eigenvalue weighted by atomic mass is 9.94. The fourth-order valence-corrected chi connectivity index (χ4v) is 4.16. The summed E-state index contributed by atoms with van der Waals surface area (Å²) in [5.74, 6) is 0.773. The molecule has 0 unspecified atom stereocenters. The van der Waals surface area contributed by atoms with E-state index in [1.54, 1.807) is 0 Å². The monoisotopic (exact) mass is 380 g/mol. The number of hydrogen-bond acceptors (Lipinski definition) is 3. The molecular weight excluding hydrogens is 344 g/mol. The molecule has 0 spiro atoms. The zero-order valence-corrected chi connectivity index (χ0v) is 17.8. The van der Waals surface area contributed by atoms with Gasteiger partial charge in [0, 0.05) is 33.3 Å². The Balaban J connectivity index is 1.57. The number of methoxy groups -OCH3 is 1. The highest BCUT2D eigenvalue weighted by molar-refractivity contribution is 5.17. The molecule has 1 aliphatic heterocycles. The van der Waals surface area contributed by atoms with Crippen molar-refractivity contribution in [1.29, 1.82) is 0 Å². The van der Waals surface area contributed by atoms with E-state index in [4.69, 9.17) is 4.74 Å². The molecule has 2 aromatic carbocycles. The van der Waals surface area contributed by atoms with Crippen molar-refractivity contribution in [2.75, 3.05) is 33.3 Å². The second-order valence-electron chi connectivity index (χ2n) is 8.82. The standard InChI is InChI=1S/C25H36N2O/c1-25(2,28-3)21-26-16-14-24(15-17-26)20-27(18-22-10-6-4-7-11-22)19-23-12-8-5-9-13-23/h4-13,24H,14-21H2,1-3H3. The van der Waals surface area contributed by atoms with Gasteiger partial charge in [-0.05, 0) is 56.8 Å². The first kappa shape index (κ1) is 21.0. The molecule has 0 aromatic heterocycles. The van der Waals surface area contributed by atoms with Gasteiger partial charge in [-0.15, -0.1) is 0 Å². The van der Waals surface area contributed by atoms with Crippen molar-refractivity contribution in [2.24, 2.45) is 5.92 Å². The van der Waals surface area contributed by atoms with Crippen LogP contribution in [-0.4, -0.2) is 48.7 Å². The average Bonchev–Trinajstić information content (AvgIpc) is 2.71. The van der Waals surface area contributed by atoms with Gasteiger partial charge in [0.2, 0.25) is 0 Å². The zero-order chi connectivity index (χ0) is 19.8. The fraction of sp³-hybridized carbons (Fsp3) is 0.520. The molecule has 0 N–H and O–H groups in total. The molecule has 1 saturated heterocycles. The average molecular weight is 381 g/mol. The molecule has 3 heteroatoms. The van der Waals surface area contributed by atoms with E-state index in [-0.39, 0.29) is 5.60 Å². The van der Waals surface area contributed by atoms with Crippen molar-refractivity contribution < 1.29 is 4.74 Å². The van der Waals surface area contributed by atoms with Crippen molar-refractivity contribution in [2.45, 2.75) is 45.4 Å². The molecule has 0 aliphatic carbocycles. The molecule has 3 nitrogen and oxygen atoms in total. The van der Waals surface area contributed by atoms with Crippen LogP contribution in [0.2, 0.25) is 0 Å².